The molecule has 0 radical (unpaired) electrons. The van der Waals surface area contributed by atoms with Gasteiger partial charge in [0.05, 0.1) is 18.8 Å². The van der Waals surface area contributed by atoms with Crippen LogP contribution in [0.1, 0.15) is 25.7 Å². The van der Waals surface area contributed by atoms with Crippen LogP contribution in [0.5, 0.6) is 0 Å². The topological polar surface area (TPSA) is 88.1 Å². The van der Waals surface area contributed by atoms with Gasteiger partial charge in [-0.2, -0.15) is 0 Å². The zero-order chi connectivity index (χ0) is 13.0. The Morgan fingerprint density at radius 3 is 2.94 bits per heavy atom. The van der Waals surface area contributed by atoms with Gasteiger partial charge >= 0.3 is 12.0 Å². The summed E-state index contributed by atoms with van der Waals surface area (Å²) in [5.74, 6) is -1.12. The molecule has 2 fully saturated rings. The van der Waals surface area contributed by atoms with Crippen molar-refractivity contribution >= 4 is 12.0 Å². The highest BCUT2D eigenvalue weighted by Gasteiger charge is 2.36. The number of nitrogens with zero attached hydrogens (tertiary/aromatic N) is 1. The van der Waals surface area contributed by atoms with Crippen molar-refractivity contribution in [3.05, 3.63) is 0 Å². The normalized spacial score (nSPS) is 27.4. The van der Waals surface area contributed by atoms with Crippen LogP contribution in [0, 0.1) is 0 Å². The number of carbonyl (C=O) groups is 2. The van der Waals surface area contributed by atoms with Crippen molar-refractivity contribution in [3.8, 4) is 0 Å². The van der Waals surface area contributed by atoms with Crippen molar-refractivity contribution in [2.45, 2.75) is 37.8 Å². The van der Waals surface area contributed by atoms with Crippen molar-refractivity contribution in [2.24, 2.45) is 0 Å². The number of amides is 2. The summed E-state index contributed by atoms with van der Waals surface area (Å²) in [4.78, 5) is 28.4. The van der Waals surface area contributed by atoms with Crippen molar-refractivity contribution in [1.82, 2.24) is 10.4 Å². The number of urea groups is 1. The highest BCUT2D eigenvalue weighted by atomic mass is 16.7. The number of morpholine rings is 1. The van der Waals surface area contributed by atoms with Gasteiger partial charge in [-0.1, -0.05) is 12.8 Å². The van der Waals surface area contributed by atoms with Crippen LogP contribution in [0.4, 0.5) is 4.79 Å². The summed E-state index contributed by atoms with van der Waals surface area (Å²) in [6, 6.07) is -0.294. The van der Waals surface area contributed by atoms with E-state index in [-0.39, 0.29) is 18.2 Å². The summed E-state index contributed by atoms with van der Waals surface area (Å²) in [7, 11) is 0. The summed E-state index contributed by atoms with van der Waals surface area (Å²) in [5, 5.41) is 8.41. The van der Waals surface area contributed by atoms with E-state index < -0.39 is 12.6 Å². The number of ether oxygens (including phenoxy) is 1. The van der Waals surface area contributed by atoms with Crippen LogP contribution >= 0.6 is 0 Å². The molecule has 102 valence electrons. The van der Waals surface area contributed by atoms with Gasteiger partial charge in [0.15, 0.2) is 6.61 Å². The lowest BCUT2D eigenvalue weighted by molar-refractivity contribution is -0.144. The smallest absolute Gasteiger partial charge is 0.341 e. The summed E-state index contributed by atoms with van der Waals surface area (Å²) >= 11 is 0. The predicted octanol–water partition coefficient (Wildman–Crippen LogP) is 0.356. The maximum atomic E-state index is 11.9. The summed E-state index contributed by atoms with van der Waals surface area (Å²) in [6.45, 7) is 0.501. The standard InChI is InChI=1S/C11H18N2O5/c14-10(15)7-18-12-11(16)13-5-6-17-9-4-2-1-3-8(9)13/h8-9H,1-7H2,(H,12,16)(H,14,15). The number of nitrogens with one attached hydrogen (secondary N) is 1. The lowest BCUT2D eigenvalue weighted by Crippen LogP contribution is -2.57. The van der Waals surface area contributed by atoms with Crippen LogP contribution < -0.4 is 5.48 Å². The largest absolute Gasteiger partial charge is 0.479 e. The van der Waals surface area contributed by atoms with E-state index >= 15 is 0 Å². The lowest BCUT2D eigenvalue weighted by Gasteiger charge is -2.43. The van der Waals surface area contributed by atoms with Crippen molar-refractivity contribution in [2.75, 3.05) is 19.8 Å². The number of hydroxylamine groups is 1. The Labute approximate surface area is 105 Å². The fourth-order valence-electron chi connectivity index (χ4n) is 2.57. The predicted molar refractivity (Wildman–Crippen MR) is 60.8 cm³/mol. The van der Waals surface area contributed by atoms with Crippen LogP contribution in [0.3, 0.4) is 0 Å². The third-order valence-electron chi connectivity index (χ3n) is 3.35. The van der Waals surface area contributed by atoms with Gasteiger partial charge in [-0.15, -0.1) is 0 Å². The summed E-state index contributed by atoms with van der Waals surface area (Å²) in [6.07, 6.45) is 4.23. The van der Waals surface area contributed by atoms with Gasteiger partial charge in [-0.05, 0) is 12.8 Å². The number of carbonyl (C=O) groups excluding carboxylic acids is 1. The Balaban J connectivity index is 1.85. The van der Waals surface area contributed by atoms with Crippen LogP contribution in [-0.2, 0) is 14.4 Å². The Bertz CT molecular complexity index is 321. The zero-order valence-corrected chi connectivity index (χ0v) is 10.1. The van der Waals surface area contributed by atoms with E-state index in [1.54, 1.807) is 4.90 Å². The summed E-state index contributed by atoms with van der Waals surface area (Å²) in [5.41, 5.74) is 2.17. The second-order valence-corrected chi connectivity index (χ2v) is 4.54. The third-order valence-corrected chi connectivity index (χ3v) is 3.35. The molecule has 0 spiro atoms. The van der Waals surface area contributed by atoms with Crippen LogP contribution in [0.15, 0.2) is 0 Å². The number of hydrogen-bond acceptors (Lipinski definition) is 4. The second kappa shape index (κ2) is 6.01. The molecule has 2 aliphatic rings. The van der Waals surface area contributed by atoms with Crippen molar-refractivity contribution in [1.29, 1.82) is 0 Å². The van der Waals surface area contributed by atoms with Crippen LogP contribution in [-0.4, -0.2) is 53.9 Å². The Morgan fingerprint density at radius 1 is 1.39 bits per heavy atom. The van der Waals surface area contributed by atoms with Gasteiger partial charge in [-0.25, -0.2) is 15.1 Å². The van der Waals surface area contributed by atoms with Crippen molar-refractivity contribution in [3.63, 3.8) is 0 Å². The first-order valence-electron chi connectivity index (χ1n) is 6.20. The first-order valence-corrected chi connectivity index (χ1v) is 6.20. The van der Waals surface area contributed by atoms with Crippen LogP contribution in [0.25, 0.3) is 0 Å². The Hall–Kier alpha value is -1.34. The fourth-order valence-corrected chi connectivity index (χ4v) is 2.57. The lowest BCUT2D eigenvalue weighted by atomic mass is 9.90. The van der Waals surface area contributed by atoms with Gasteiger partial charge in [0.1, 0.15) is 0 Å². The van der Waals surface area contributed by atoms with Gasteiger partial charge in [0, 0.05) is 6.54 Å². The highest BCUT2D eigenvalue weighted by molar-refractivity contribution is 5.74. The molecule has 1 heterocycles. The van der Waals surface area contributed by atoms with E-state index in [0.717, 1.165) is 25.7 Å². The molecule has 2 atom stereocenters. The number of aliphatic carboxylic acids is 1. The molecule has 2 N–H and O–H groups in total. The molecule has 0 aromatic carbocycles. The second-order valence-electron chi connectivity index (χ2n) is 4.54. The highest BCUT2D eigenvalue weighted by Crippen LogP contribution is 2.28. The first kappa shape index (κ1) is 13.1. The molecule has 2 unspecified atom stereocenters. The minimum absolute atomic E-state index is 0.0842. The molecule has 7 heteroatoms. The number of rotatable bonds is 3. The average Bonchev–Trinajstić information content (AvgIpc) is 2.37. The van der Waals surface area contributed by atoms with Gasteiger partial charge < -0.3 is 14.7 Å². The zero-order valence-electron chi connectivity index (χ0n) is 10.1. The number of carboxylic acid groups (broad SMARTS) is 1. The molecular weight excluding hydrogens is 240 g/mol. The molecule has 1 saturated carbocycles. The minimum atomic E-state index is -1.12. The van der Waals surface area contributed by atoms with E-state index in [4.69, 9.17) is 9.84 Å². The summed E-state index contributed by atoms with van der Waals surface area (Å²) < 4.78 is 5.65. The van der Waals surface area contributed by atoms with E-state index in [2.05, 4.69) is 10.3 Å². The molecule has 1 aliphatic carbocycles. The van der Waals surface area contributed by atoms with Crippen molar-refractivity contribution < 1.29 is 24.3 Å². The van der Waals surface area contributed by atoms with E-state index in [0.29, 0.717) is 13.2 Å². The number of carboxylic acids is 1. The quantitative estimate of drug-likeness (QED) is 0.713. The van der Waals surface area contributed by atoms with E-state index in [1.807, 2.05) is 0 Å². The molecule has 0 aromatic heterocycles. The fraction of sp³-hybridized carbons (Fsp3) is 0.818. The third kappa shape index (κ3) is 3.11. The maximum Gasteiger partial charge on any atom is 0.341 e. The SMILES string of the molecule is O=C(O)CONC(=O)N1CCOC2CCCCC21. The molecular formula is C11H18N2O5. The Morgan fingerprint density at radius 2 is 2.17 bits per heavy atom. The van der Waals surface area contributed by atoms with Gasteiger partial charge in [-0.3, -0.25) is 4.84 Å². The van der Waals surface area contributed by atoms with Gasteiger partial charge in [0.25, 0.3) is 0 Å². The Kier molecular flexibility index (Phi) is 4.38. The number of fused-ring (bicyclic) bond motifs is 1. The maximum absolute atomic E-state index is 11.9. The molecule has 0 bridgehead atoms. The van der Waals surface area contributed by atoms with Crippen LogP contribution in [0.2, 0.25) is 0 Å². The molecule has 0 aromatic rings. The molecule has 1 aliphatic heterocycles. The molecule has 2 amide bonds. The number of hydrogen-bond donors (Lipinski definition) is 2. The average molecular weight is 258 g/mol. The first-order chi connectivity index (χ1) is 8.68. The van der Waals surface area contributed by atoms with E-state index in [1.165, 1.54) is 0 Å². The molecule has 2 rings (SSSR count). The monoisotopic (exact) mass is 258 g/mol. The van der Waals surface area contributed by atoms with E-state index in [9.17, 15) is 9.59 Å². The molecule has 1 saturated heterocycles. The van der Waals surface area contributed by atoms with Gasteiger partial charge in [0.2, 0.25) is 0 Å². The molecule has 7 nitrogen and oxygen atoms in total. The minimum Gasteiger partial charge on any atom is -0.479 e. The molecule has 18 heavy (non-hydrogen) atoms.